The molecule has 8 heteroatoms. The molecule has 37 heavy (non-hydrogen) atoms. The van der Waals surface area contributed by atoms with Gasteiger partial charge in [0, 0.05) is 5.56 Å². The quantitative estimate of drug-likeness (QED) is 0.340. The van der Waals surface area contributed by atoms with Gasteiger partial charge in [-0.3, -0.25) is 9.59 Å². The van der Waals surface area contributed by atoms with Gasteiger partial charge in [-0.2, -0.15) is 0 Å². The minimum Gasteiger partial charge on any atom is -0.321 e. The van der Waals surface area contributed by atoms with Crippen molar-refractivity contribution in [2.75, 3.05) is 10.2 Å². The van der Waals surface area contributed by atoms with E-state index < -0.39 is 21.7 Å². The summed E-state index contributed by atoms with van der Waals surface area (Å²) in [7, 11) is -4.04. The van der Waals surface area contributed by atoms with Crippen LogP contribution in [0.4, 0.5) is 11.4 Å². The Balaban J connectivity index is 1.67. The molecule has 4 aromatic carbocycles. The summed E-state index contributed by atoms with van der Waals surface area (Å²) < 4.78 is 27.4. The molecule has 1 aliphatic rings. The van der Waals surface area contributed by atoms with Crippen molar-refractivity contribution in [3.8, 4) is 0 Å². The second-order valence-corrected chi connectivity index (χ2v) is 11.2. The average Bonchev–Trinajstić information content (AvgIpc) is 2.95. The fourth-order valence-electron chi connectivity index (χ4n) is 4.40. The number of carbonyl (C=O) groups excluding carboxylic acids is 2. The molecule has 1 heterocycles. The van der Waals surface area contributed by atoms with Crippen molar-refractivity contribution >= 4 is 44.6 Å². The van der Waals surface area contributed by atoms with Crippen molar-refractivity contribution in [1.29, 1.82) is 0 Å². The van der Waals surface area contributed by atoms with E-state index >= 15 is 0 Å². The number of rotatable bonds is 4. The van der Waals surface area contributed by atoms with E-state index in [1.807, 2.05) is 32.0 Å². The van der Waals surface area contributed by atoms with Crippen molar-refractivity contribution < 1.29 is 18.0 Å². The Bertz CT molecular complexity index is 1680. The standard InChI is InChI=1S/C29H23ClN2O4S/c1-18-11-12-19(2)21(15-18)17-32-25-16-20(28(33)31-24-9-5-4-8-23(24)30)13-14-27(25)37(35,36)26-10-6-3-7-22(26)29(32)34/h3-16H,17H2,1-2H3,(H,31,33). The van der Waals surface area contributed by atoms with Gasteiger partial charge in [0.05, 0.1) is 38.3 Å². The van der Waals surface area contributed by atoms with E-state index in [0.717, 1.165) is 16.7 Å². The van der Waals surface area contributed by atoms with E-state index in [0.29, 0.717) is 10.7 Å². The number of amides is 2. The van der Waals surface area contributed by atoms with Gasteiger partial charge >= 0.3 is 0 Å². The van der Waals surface area contributed by atoms with Gasteiger partial charge in [0.15, 0.2) is 0 Å². The third kappa shape index (κ3) is 4.52. The number of nitrogens with zero attached hydrogens (tertiary/aromatic N) is 1. The second kappa shape index (κ2) is 9.50. The number of sulfone groups is 1. The highest BCUT2D eigenvalue weighted by atomic mass is 35.5. The number of fused-ring (bicyclic) bond motifs is 2. The zero-order valence-electron chi connectivity index (χ0n) is 20.2. The number of hydrogen-bond acceptors (Lipinski definition) is 4. The number of carbonyl (C=O) groups is 2. The fourth-order valence-corrected chi connectivity index (χ4v) is 6.22. The zero-order valence-corrected chi connectivity index (χ0v) is 21.7. The Morgan fingerprint density at radius 1 is 0.892 bits per heavy atom. The highest BCUT2D eigenvalue weighted by Crippen LogP contribution is 2.38. The molecule has 0 saturated carbocycles. The van der Waals surface area contributed by atoms with Gasteiger partial charge in [-0.25, -0.2) is 8.42 Å². The van der Waals surface area contributed by atoms with Crippen LogP contribution in [0.1, 0.15) is 37.4 Å². The van der Waals surface area contributed by atoms with Gasteiger partial charge in [-0.1, -0.05) is 59.6 Å². The molecule has 6 nitrogen and oxygen atoms in total. The van der Waals surface area contributed by atoms with Crippen LogP contribution >= 0.6 is 11.6 Å². The van der Waals surface area contributed by atoms with Gasteiger partial charge in [0.2, 0.25) is 9.84 Å². The van der Waals surface area contributed by atoms with Crippen LogP contribution in [0.3, 0.4) is 0 Å². The first-order chi connectivity index (χ1) is 17.7. The molecule has 0 bridgehead atoms. The van der Waals surface area contributed by atoms with Crippen LogP contribution in [0.25, 0.3) is 0 Å². The molecule has 0 spiro atoms. The molecule has 0 saturated heterocycles. The lowest BCUT2D eigenvalue weighted by Gasteiger charge is -2.24. The molecule has 2 amide bonds. The van der Waals surface area contributed by atoms with E-state index in [9.17, 15) is 18.0 Å². The number of para-hydroxylation sites is 1. The average molecular weight is 531 g/mol. The number of nitrogens with one attached hydrogen (secondary N) is 1. The molecule has 5 rings (SSSR count). The highest BCUT2D eigenvalue weighted by molar-refractivity contribution is 7.91. The van der Waals surface area contributed by atoms with Crippen molar-refractivity contribution in [2.24, 2.45) is 0 Å². The monoisotopic (exact) mass is 530 g/mol. The first kappa shape index (κ1) is 24.7. The number of anilines is 2. The molecule has 0 aliphatic carbocycles. The SMILES string of the molecule is Cc1ccc(C)c(CN2C(=O)c3ccccc3S(=O)(=O)c3ccc(C(=O)Nc4ccccc4Cl)cc32)c1. The van der Waals surface area contributed by atoms with Crippen molar-refractivity contribution in [3.63, 3.8) is 0 Å². The molecule has 0 unspecified atom stereocenters. The maximum Gasteiger partial charge on any atom is 0.259 e. The first-order valence-corrected chi connectivity index (χ1v) is 13.4. The normalized spacial score (nSPS) is 13.9. The Labute approximate surface area is 220 Å². The number of hydrogen-bond donors (Lipinski definition) is 1. The highest BCUT2D eigenvalue weighted by Gasteiger charge is 2.36. The van der Waals surface area contributed by atoms with Gasteiger partial charge in [-0.05, 0) is 67.4 Å². The molecule has 0 fully saturated rings. The van der Waals surface area contributed by atoms with Crippen LogP contribution < -0.4 is 10.2 Å². The predicted molar refractivity (Wildman–Crippen MR) is 144 cm³/mol. The fraction of sp³-hybridized carbons (Fsp3) is 0.103. The van der Waals surface area contributed by atoms with Crippen molar-refractivity contribution in [2.45, 2.75) is 30.2 Å². The molecule has 4 aromatic rings. The largest absolute Gasteiger partial charge is 0.321 e. The van der Waals surface area contributed by atoms with E-state index in [2.05, 4.69) is 5.32 Å². The lowest BCUT2D eigenvalue weighted by Crippen LogP contribution is -2.31. The predicted octanol–water partition coefficient (Wildman–Crippen LogP) is 6.20. The topological polar surface area (TPSA) is 83.6 Å². The minimum absolute atomic E-state index is 0.0367. The molecule has 186 valence electrons. The molecule has 1 N–H and O–H groups in total. The molecule has 0 radical (unpaired) electrons. The molecular formula is C29H23ClN2O4S. The number of benzene rings is 4. The molecule has 0 atom stereocenters. The summed E-state index contributed by atoms with van der Waals surface area (Å²) >= 11 is 6.19. The minimum atomic E-state index is -4.04. The summed E-state index contributed by atoms with van der Waals surface area (Å²) in [6, 6.07) is 23.2. The summed E-state index contributed by atoms with van der Waals surface area (Å²) in [4.78, 5) is 28.3. The lowest BCUT2D eigenvalue weighted by molar-refractivity contribution is 0.0979. The van der Waals surface area contributed by atoms with Gasteiger partial charge < -0.3 is 10.2 Å². The zero-order chi connectivity index (χ0) is 26.3. The number of halogens is 1. The Morgan fingerprint density at radius 3 is 2.41 bits per heavy atom. The Morgan fingerprint density at radius 2 is 1.62 bits per heavy atom. The van der Waals surface area contributed by atoms with Crippen molar-refractivity contribution in [3.05, 3.63) is 118 Å². The van der Waals surface area contributed by atoms with Gasteiger partial charge in [0.25, 0.3) is 11.8 Å². The van der Waals surface area contributed by atoms with E-state index in [1.54, 1.807) is 36.4 Å². The summed E-state index contributed by atoms with van der Waals surface area (Å²) in [6.45, 7) is 4.03. The first-order valence-electron chi connectivity index (χ1n) is 11.6. The Kier molecular flexibility index (Phi) is 6.35. The van der Waals surface area contributed by atoms with Crippen molar-refractivity contribution in [1.82, 2.24) is 0 Å². The maximum atomic E-state index is 13.8. The lowest BCUT2D eigenvalue weighted by atomic mass is 10.0. The molecule has 0 aromatic heterocycles. The van der Waals surface area contributed by atoms with Crippen LogP contribution in [0, 0.1) is 13.8 Å². The van der Waals surface area contributed by atoms with E-state index in [-0.39, 0.29) is 33.2 Å². The molecular weight excluding hydrogens is 508 g/mol. The van der Waals surface area contributed by atoms with Gasteiger partial charge in [0.1, 0.15) is 0 Å². The van der Waals surface area contributed by atoms with Crippen LogP contribution in [-0.4, -0.2) is 20.2 Å². The summed E-state index contributed by atoms with van der Waals surface area (Å²) in [6.07, 6.45) is 0. The maximum absolute atomic E-state index is 13.8. The summed E-state index contributed by atoms with van der Waals surface area (Å²) in [5.41, 5.74) is 3.71. The van der Waals surface area contributed by atoms with Gasteiger partial charge in [-0.15, -0.1) is 0 Å². The summed E-state index contributed by atoms with van der Waals surface area (Å²) in [5.74, 6) is -0.934. The van der Waals surface area contributed by atoms with Crippen LogP contribution in [0.2, 0.25) is 5.02 Å². The third-order valence-corrected chi connectivity index (χ3v) is 8.60. The third-order valence-electron chi connectivity index (χ3n) is 6.41. The number of aryl methyl sites for hydroxylation is 2. The second-order valence-electron chi connectivity index (χ2n) is 8.94. The van der Waals surface area contributed by atoms with Crippen LogP contribution in [-0.2, 0) is 16.4 Å². The van der Waals surface area contributed by atoms with Crippen LogP contribution in [0.15, 0.2) is 94.7 Å². The Hall–Kier alpha value is -3.94. The smallest absolute Gasteiger partial charge is 0.259 e. The molecule has 1 aliphatic heterocycles. The summed E-state index contributed by atoms with van der Waals surface area (Å²) in [5, 5.41) is 3.13. The van der Waals surface area contributed by atoms with E-state index in [1.165, 1.54) is 35.2 Å². The van der Waals surface area contributed by atoms with E-state index in [4.69, 9.17) is 11.6 Å². The van der Waals surface area contributed by atoms with Crippen LogP contribution in [0.5, 0.6) is 0 Å².